The van der Waals surface area contributed by atoms with E-state index < -0.39 is 0 Å². The van der Waals surface area contributed by atoms with Crippen molar-refractivity contribution in [3.63, 3.8) is 0 Å². The van der Waals surface area contributed by atoms with E-state index in [0.29, 0.717) is 23.7 Å². The Morgan fingerprint density at radius 3 is 2.94 bits per heavy atom. The number of carbonyl (C=O) groups is 1. The molecule has 0 spiro atoms. The lowest BCUT2D eigenvalue weighted by molar-refractivity contribution is 0.0943. The number of likely N-dealkylation sites (tertiary alicyclic amines) is 1. The summed E-state index contributed by atoms with van der Waals surface area (Å²) in [6.07, 6.45) is 2.31. The molecule has 0 aromatic heterocycles. The van der Waals surface area contributed by atoms with Gasteiger partial charge in [0.15, 0.2) is 0 Å². The summed E-state index contributed by atoms with van der Waals surface area (Å²) in [5, 5.41) is 2.93. The van der Waals surface area contributed by atoms with Crippen LogP contribution in [0.3, 0.4) is 0 Å². The Morgan fingerprint density at radius 1 is 1.56 bits per heavy atom. The van der Waals surface area contributed by atoms with Crippen molar-refractivity contribution in [2.75, 3.05) is 20.1 Å². The van der Waals surface area contributed by atoms with Crippen LogP contribution in [0.2, 0.25) is 0 Å². The number of halogens is 1. The van der Waals surface area contributed by atoms with Gasteiger partial charge in [-0.3, -0.25) is 4.79 Å². The van der Waals surface area contributed by atoms with E-state index in [1.54, 1.807) is 13.0 Å². The number of hydrogen-bond donors (Lipinski definition) is 1. The summed E-state index contributed by atoms with van der Waals surface area (Å²) in [4.78, 5) is 14.2. The SMILES string of the molecule is Cc1cc(F)ccc1C(=O)NCC1CCCN1C. The van der Waals surface area contributed by atoms with Gasteiger partial charge in [0.1, 0.15) is 5.82 Å². The third kappa shape index (κ3) is 2.88. The van der Waals surface area contributed by atoms with Crippen LogP contribution in [0.5, 0.6) is 0 Å². The molecule has 1 N–H and O–H groups in total. The molecule has 0 saturated carbocycles. The zero-order valence-electron chi connectivity index (χ0n) is 10.9. The molecule has 3 nitrogen and oxygen atoms in total. The summed E-state index contributed by atoms with van der Waals surface area (Å²) in [7, 11) is 2.08. The number of nitrogens with one attached hydrogen (secondary N) is 1. The van der Waals surface area contributed by atoms with Crippen LogP contribution in [0.1, 0.15) is 28.8 Å². The Balaban J connectivity index is 1.95. The molecule has 1 unspecified atom stereocenters. The number of carbonyl (C=O) groups excluding carboxylic acids is 1. The normalized spacial score (nSPS) is 20.1. The molecule has 1 aliphatic rings. The van der Waals surface area contributed by atoms with Gasteiger partial charge in [0.2, 0.25) is 0 Å². The van der Waals surface area contributed by atoms with Gasteiger partial charge in [0, 0.05) is 18.2 Å². The van der Waals surface area contributed by atoms with Gasteiger partial charge >= 0.3 is 0 Å². The van der Waals surface area contributed by atoms with Gasteiger partial charge in [-0.05, 0) is 57.1 Å². The van der Waals surface area contributed by atoms with E-state index >= 15 is 0 Å². The van der Waals surface area contributed by atoms with Crippen molar-refractivity contribution in [1.82, 2.24) is 10.2 Å². The van der Waals surface area contributed by atoms with Crippen molar-refractivity contribution >= 4 is 5.91 Å². The molecular formula is C14H19FN2O. The molecular weight excluding hydrogens is 231 g/mol. The smallest absolute Gasteiger partial charge is 0.251 e. The van der Waals surface area contributed by atoms with E-state index in [1.807, 2.05) is 0 Å². The van der Waals surface area contributed by atoms with Gasteiger partial charge in [-0.2, -0.15) is 0 Å². The minimum absolute atomic E-state index is 0.118. The largest absolute Gasteiger partial charge is 0.350 e. The number of aryl methyl sites for hydroxylation is 1. The maximum absolute atomic E-state index is 13.0. The van der Waals surface area contributed by atoms with E-state index in [4.69, 9.17) is 0 Å². The first-order valence-electron chi connectivity index (χ1n) is 6.32. The molecule has 1 amide bonds. The van der Waals surface area contributed by atoms with Crippen LogP contribution in [0.4, 0.5) is 4.39 Å². The van der Waals surface area contributed by atoms with Crippen LogP contribution >= 0.6 is 0 Å². The zero-order chi connectivity index (χ0) is 13.1. The lowest BCUT2D eigenvalue weighted by Crippen LogP contribution is -2.38. The standard InChI is InChI=1S/C14H19FN2O/c1-10-8-11(15)5-6-13(10)14(18)16-9-12-4-3-7-17(12)2/h5-6,8,12H,3-4,7,9H2,1-2H3,(H,16,18). The summed E-state index contributed by atoms with van der Waals surface area (Å²) >= 11 is 0. The van der Waals surface area contributed by atoms with Gasteiger partial charge in [0.25, 0.3) is 5.91 Å². The topological polar surface area (TPSA) is 32.3 Å². The average molecular weight is 250 g/mol. The lowest BCUT2D eigenvalue weighted by atomic mass is 10.1. The van der Waals surface area contributed by atoms with Crippen molar-refractivity contribution in [2.45, 2.75) is 25.8 Å². The second-order valence-electron chi connectivity index (χ2n) is 4.95. The summed E-state index contributed by atoms with van der Waals surface area (Å²) in [6, 6.07) is 4.67. The first kappa shape index (κ1) is 13.0. The number of amides is 1. The molecule has 0 radical (unpaired) electrons. The minimum atomic E-state index is -0.306. The molecule has 1 aliphatic heterocycles. The molecule has 98 valence electrons. The quantitative estimate of drug-likeness (QED) is 0.889. The van der Waals surface area contributed by atoms with Gasteiger partial charge in [-0.1, -0.05) is 0 Å². The summed E-state index contributed by atoms with van der Waals surface area (Å²) in [5.41, 5.74) is 1.23. The van der Waals surface area contributed by atoms with Crippen molar-refractivity contribution < 1.29 is 9.18 Å². The molecule has 1 heterocycles. The highest BCUT2D eigenvalue weighted by Crippen LogP contribution is 2.14. The molecule has 18 heavy (non-hydrogen) atoms. The highest BCUT2D eigenvalue weighted by atomic mass is 19.1. The molecule has 1 saturated heterocycles. The van der Waals surface area contributed by atoms with Gasteiger partial charge < -0.3 is 10.2 Å². The Labute approximate surface area is 107 Å². The van der Waals surface area contributed by atoms with Crippen LogP contribution in [0.15, 0.2) is 18.2 Å². The fourth-order valence-corrected chi connectivity index (χ4v) is 2.42. The fourth-order valence-electron chi connectivity index (χ4n) is 2.42. The maximum Gasteiger partial charge on any atom is 0.251 e. The highest BCUT2D eigenvalue weighted by molar-refractivity contribution is 5.95. The minimum Gasteiger partial charge on any atom is -0.350 e. The molecule has 1 aromatic carbocycles. The summed E-state index contributed by atoms with van der Waals surface area (Å²) < 4.78 is 13.0. The maximum atomic E-state index is 13.0. The van der Waals surface area contributed by atoms with Crippen LogP contribution < -0.4 is 5.32 Å². The van der Waals surface area contributed by atoms with E-state index in [2.05, 4.69) is 17.3 Å². The van der Waals surface area contributed by atoms with Crippen LogP contribution in [-0.2, 0) is 0 Å². The number of likely N-dealkylation sites (N-methyl/N-ethyl adjacent to an activating group) is 1. The molecule has 1 atom stereocenters. The van der Waals surface area contributed by atoms with E-state index in [-0.39, 0.29) is 11.7 Å². The Morgan fingerprint density at radius 2 is 2.33 bits per heavy atom. The first-order chi connectivity index (χ1) is 8.58. The van der Waals surface area contributed by atoms with E-state index in [1.165, 1.54) is 18.6 Å². The third-order valence-electron chi connectivity index (χ3n) is 3.60. The first-order valence-corrected chi connectivity index (χ1v) is 6.32. The Kier molecular flexibility index (Phi) is 3.97. The second kappa shape index (κ2) is 5.48. The summed E-state index contributed by atoms with van der Waals surface area (Å²) in [5.74, 6) is -0.424. The van der Waals surface area contributed by atoms with E-state index in [9.17, 15) is 9.18 Å². The fraction of sp³-hybridized carbons (Fsp3) is 0.500. The van der Waals surface area contributed by atoms with Crippen LogP contribution in [0, 0.1) is 12.7 Å². The van der Waals surface area contributed by atoms with Crippen LogP contribution in [0.25, 0.3) is 0 Å². The highest BCUT2D eigenvalue weighted by Gasteiger charge is 2.21. The molecule has 4 heteroatoms. The van der Waals surface area contributed by atoms with E-state index in [0.717, 1.165) is 13.0 Å². The van der Waals surface area contributed by atoms with Gasteiger partial charge in [0.05, 0.1) is 0 Å². The summed E-state index contributed by atoms with van der Waals surface area (Å²) in [6.45, 7) is 3.50. The number of benzene rings is 1. The number of hydrogen-bond acceptors (Lipinski definition) is 2. The Hall–Kier alpha value is -1.42. The van der Waals surface area contributed by atoms with Gasteiger partial charge in [-0.25, -0.2) is 4.39 Å². The molecule has 1 fully saturated rings. The van der Waals surface area contributed by atoms with Crippen molar-refractivity contribution in [2.24, 2.45) is 0 Å². The van der Waals surface area contributed by atoms with Gasteiger partial charge in [-0.15, -0.1) is 0 Å². The van der Waals surface area contributed by atoms with Crippen molar-refractivity contribution in [3.8, 4) is 0 Å². The predicted octanol–water partition coefficient (Wildman–Crippen LogP) is 1.96. The predicted molar refractivity (Wildman–Crippen MR) is 69.1 cm³/mol. The molecule has 0 aliphatic carbocycles. The average Bonchev–Trinajstić information content (AvgIpc) is 2.72. The molecule has 2 rings (SSSR count). The van der Waals surface area contributed by atoms with Crippen LogP contribution in [-0.4, -0.2) is 37.0 Å². The molecule has 1 aromatic rings. The third-order valence-corrected chi connectivity index (χ3v) is 3.60. The Bertz CT molecular complexity index is 447. The second-order valence-corrected chi connectivity index (χ2v) is 4.95. The number of rotatable bonds is 3. The molecule has 0 bridgehead atoms. The monoisotopic (exact) mass is 250 g/mol. The number of nitrogens with zero attached hydrogens (tertiary/aromatic N) is 1. The van der Waals surface area contributed by atoms with Crippen molar-refractivity contribution in [3.05, 3.63) is 35.1 Å². The lowest BCUT2D eigenvalue weighted by Gasteiger charge is -2.19. The zero-order valence-corrected chi connectivity index (χ0v) is 10.9. The van der Waals surface area contributed by atoms with Crippen molar-refractivity contribution in [1.29, 1.82) is 0 Å².